The van der Waals surface area contributed by atoms with Gasteiger partial charge in [0.05, 0.1) is 0 Å². The Bertz CT molecular complexity index is 708. The number of benzene rings is 1. The van der Waals surface area contributed by atoms with Gasteiger partial charge in [0.15, 0.2) is 11.6 Å². The number of anilines is 3. The number of amides is 1. The van der Waals surface area contributed by atoms with Crippen molar-refractivity contribution in [2.45, 2.75) is 26.7 Å². The number of carbonyl (C=O) groups is 1. The monoisotopic (exact) mass is 339 g/mol. The molecule has 1 N–H and O–H groups in total. The van der Waals surface area contributed by atoms with Crippen LogP contribution in [0.4, 0.5) is 17.3 Å². The van der Waals surface area contributed by atoms with Gasteiger partial charge in [-0.1, -0.05) is 19.1 Å². The normalized spacial score (nSPS) is 14.5. The Morgan fingerprint density at radius 1 is 1.08 bits per heavy atom. The molecular formula is C19H25N5O. The third-order valence-corrected chi connectivity index (χ3v) is 4.37. The van der Waals surface area contributed by atoms with Gasteiger partial charge in [-0.25, -0.2) is 0 Å². The smallest absolute Gasteiger partial charge is 0.225 e. The fraction of sp³-hybridized carbons (Fsp3) is 0.421. The summed E-state index contributed by atoms with van der Waals surface area (Å²) in [6.07, 6.45) is 1.33. The zero-order valence-electron chi connectivity index (χ0n) is 14.9. The van der Waals surface area contributed by atoms with Gasteiger partial charge < -0.3 is 15.1 Å². The van der Waals surface area contributed by atoms with E-state index in [1.807, 2.05) is 19.1 Å². The van der Waals surface area contributed by atoms with Gasteiger partial charge in [0.25, 0.3) is 0 Å². The van der Waals surface area contributed by atoms with Crippen molar-refractivity contribution in [1.82, 2.24) is 10.2 Å². The maximum absolute atomic E-state index is 11.6. The average molecular weight is 339 g/mol. The minimum atomic E-state index is -0.0173. The number of carbonyl (C=O) groups excluding carboxylic acids is 1. The minimum absolute atomic E-state index is 0.0173. The van der Waals surface area contributed by atoms with Crippen molar-refractivity contribution in [2.24, 2.45) is 0 Å². The zero-order chi connectivity index (χ0) is 17.6. The van der Waals surface area contributed by atoms with Crippen molar-refractivity contribution in [3.8, 4) is 0 Å². The highest BCUT2D eigenvalue weighted by Gasteiger charge is 2.18. The van der Waals surface area contributed by atoms with Crippen LogP contribution in [0.5, 0.6) is 0 Å². The standard InChI is InChI=1S/C19H25N5O/c1-3-5-19(25)20-17-8-9-18(22-21-17)24-12-10-23(11-13-24)16-7-4-6-15(2)14-16/h4,6-9,14H,3,5,10-13H2,1-2H3,(H,20,21,25). The second-order valence-electron chi connectivity index (χ2n) is 6.39. The molecule has 1 aliphatic rings. The van der Waals surface area contributed by atoms with Crippen LogP contribution in [-0.2, 0) is 4.79 Å². The lowest BCUT2D eigenvalue weighted by molar-refractivity contribution is -0.116. The van der Waals surface area contributed by atoms with Gasteiger partial charge in [0.2, 0.25) is 5.91 Å². The largest absolute Gasteiger partial charge is 0.368 e. The summed E-state index contributed by atoms with van der Waals surface area (Å²) in [5.74, 6) is 1.36. The van der Waals surface area contributed by atoms with E-state index in [9.17, 15) is 4.79 Å². The number of aromatic nitrogens is 2. The number of hydrogen-bond acceptors (Lipinski definition) is 5. The Kier molecular flexibility index (Phi) is 5.48. The maximum atomic E-state index is 11.6. The lowest BCUT2D eigenvalue weighted by atomic mass is 10.2. The van der Waals surface area contributed by atoms with Crippen LogP contribution in [0.3, 0.4) is 0 Å². The number of aryl methyl sites for hydroxylation is 1. The number of hydrogen-bond donors (Lipinski definition) is 1. The van der Waals surface area contributed by atoms with Crippen LogP contribution in [0.15, 0.2) is 36.4 Å². The molecule has 1 saturated heterocycles. The first kappa shape index (κ1) is 17.2. The minimum Gasteiger partial charge on any atom is -0.368 e. The van der Waals surface area contributed by atoms with Crippen molar-refractivity contribution < 1.29 is 4.79 Å². The predicted octanol–water partition coefficient (Wildman–Crippen LogP) is 2.85. The van der Waals surface area contributed by atoms with Crippen LogP contribution in [0.2, 0.25) is 0 Å². The van der Waals surface area contributed by atoms with Crippen molar-refractivity contribution >= 4 is 23.2 Å². The molecule has 3 rings (SSSR count). The van der Waals surface area contributed by atoms with Crippen molar-refractivity contribution in [2.75, 3.05) is 41.3 Å². The topological polar surface area (TPSA) is 61.4 Å². The molecule has 0 bridgehead atoms. The van der Waals surface area contributed by atoms with E-state index < -0.39 is 0 Å². The van der Waals surface area contributed by atoms with E-state index in [0.717, 1.165) is 38.4 Å². The molecule has 0 aliphatic carbocycles. The summed E-state index contributed by atoms with van der Waals surface area (Å²) in [7, 11) is 0. The van der Waals surface area contributed by atoms with E-state index in [-0.39, 0.29) is 5.91 Å². The Labute approximate surface area is 148 Å². The zero-order valence-corrected chi connectivity index (χ0v) is 14.9. The maximum Gasteiger partial charge on any atom is 0.225 e. The molecule has 25 heavy (non-hydrogen) atoms. The van der Waals surface area contributed by atoms with Gasteiger partial charge in [-0.15, -0.1) is 10.2 Å². The van der Waals surface area contributed by atoms with Crippen LogP contribution in [-0.4, -0.2) is 42.3 Å². The molecule has 1 aromatic heterocycles. The Hall–Kier alpha value is -2.63. The highest BCUT2D eigenvalue weighted by molar-refractivity contribution is 5.89. The van der Waals surface area contributed by atoms with Gasteiger partial charge >= 0.3 is 0 Å². The summed E-state index contributed by atoms with van der Waals surface area (Å²) in [5, 5.41) is 11.2. The van der Waals surface area contributed by atoms with E-state index >= 15 is 0 Å². The van der Waals surface area contributed by atoms with Crippen LogP contribution in [0.1, 0.15) is 25.3 Å². The predicted molar refractivity (Wildman–Crippen MR) is 101 cm³/mol. The fourth-order valence-electron chi connectivity index (χ4n) is 3.01. The van der Waals surface area contributed by atoms with Gasteiger partial charge in [-0.3, -0.25) is 4.79 Å². The van der Waals surface area contributed by atoms with Crippen LogP contribution in [0, 0.1) is 6.92 Å². The summed E-state index contributed by atoms with van der Waals surface area (Å²) in [6.45, 7) is 7.83. The summed E-state index contributed by atoms with van der Waals surface area (Å²) in [5.41, 5.74) is 2.56. The highest BCUT2D eigenvalue weighted by atomic mass is 16.1. The molecule has 0 saturated carbocycles. The molecule has 0 spiro atoms. The molecule has 6 heteroatoms. The first-order chi connectivity index (χ1) is 12.2. The van der Waals surface area contributed by atoms with Crippen LogP contribution in [0.25, 0.3) is 0 Å². The molecule has 0 unspecified atom stereocenters. The van der Waals surface area contributed by atoms with E-state index in [0.29, 0.717) is 12.2 Å². The highest BCUT2D eigenvalue weighted by Crippen LogP contribution is 2.20. The molecular weight excluding hydrogens is 314 g/mol. The summed E-state index contributed by atoms with van der Waals surface area (Å²) >= 11 is 0. The summed E-state index contributed by atoms with van der Waals surface area (Å²) < 4.78 is 0. The molecule has 1 amide bonds. The van der Waals surface area contributed by atoms with Crippen molar-refractivity contribution in [1.29, 1.82) is 0 Å². The molecule has 132 valence electrons. The molecule has 0 radical (unpaired) electrons. The number of rotatable bonds is 5. The molecule has 1 aliphatic heterocycles. The first-order valence-electron chi connectivity index (χ1n) is 8.86. The van der Waals surface area contributed by atoms with E-state index in [1.54, 1.807) is 0 Å². The summed E-state index contributed by atoms with van der Waals surface area (Å²) in [6, 6.07) is 12.4. The molecule has 0 atom stereocenters. The van der Waals surface area contributed by atoms with Gasteiger partial charge in [-0.05, 0) is 43.2 Å². The second kappa shape index (κ2) is 7.96. The van der Waals surface area contributed by atoms with Crippen LogP contribution < -0.4 is 15.1 Å². The third kappa shape index (κ3) is 4.47. The lowest BCUT2D eigenvalue weighted by Crippen LogP contribution is -2.46. The first-order valence-corrected chi connectivity index (χ1v) is 8.86. The Balaban J connectivity index is 1.56. The summed E-state index contributed by atoms with van der Waals surface area (Å²) in [4.78, 5) is 16.2. The second-order valence-corrected chi connectivity index (χ2v) is 6.39. The molecule has 1 fully saturated rings. The SMILES string of the molecule is CCCC(=O)Nc1ccc(N2CCN(c3cccc(C)c3)CC2)nn1. The Morgan fingerprint density at radius 3 is 2.48 bits per heavy atom. The van der Waals surface area contributed by atoms with E-state index in [1.165, 1.54) is 11.3 Å². The lowest BCUT2D eigenvalue weighted by Gasteiger charge is -2.36. The molecule has 2 aromatic rings. The van der Waals surface area contributed by atoms with Crippen molar-refractivity contribution in [3.63, 3.8) is 0 Å². The fourth-order valence-corrected chi connectivity index (χ4v) is 3.01. The number of nitrogens with zero attached hydrogens (tertiary/aromatic N) is 4. The van der Waals surface area contributed by atoms with Gasteiger partial charge in [-0.2, -0.15) is 0 Å². The molecule has 1 aromatic carbocycles. The van der Waals surface area contributed by atoms with Gasteiger partial charge in [0.1, 0.15) is 0 Å². The van der Waals surface area contributed by atoms with Crippen molar-refractivity contribution in [3.05, 3.63) is 42.0 Å². The van der Waals surface area contributed by atoms with E-state index in [2.05, 4.69) is 56.5 Å². The molecule has 2 heterocycles. The van der Waals surface area contributed by atoms with Gasteiger partial charge in [0, 0.05) is 38.3 Å². The Morgan fingerprint density at radius 2 is 1.84 bits per heavy atom. The molecule has 6 nitrogen and oxygen atoms in total. The number of nitrogens with one attached hydrogen (secondary N) is 1. The third-order valence-electron chi connectivity index (χ3n) is 4.37. The quantitative estimate of drug-likeness (QED) is 0.908. The number of piperazine rings is 1. The average Bonchev–Trinajstić information content (AvgIpc) is 2.63. The van der Waals surface area contributed by atoms with E-state index in [4.69, 9.17) is 0 Å². The van der Waals surface area contributed by atoms with Crippen LogP contribution >= 0.6 is 0 Å².